The molecule has 1 aromatic rings. The highest BCUT2D eigenvalue weighted by molar-refractivity contribution is 5.73. The molecule has 1 rings (SSSR count). The number of aliphatic hydroxyl groups is 1. The van der Waals surface area contributed by atoms with E-state index >= 15 is 0 Å². The second kappa shape index (κ2) is 6.52. The minimum atomic E-state index is -0.821. The van der Waals surface area contributed by atoms with Gasteiger partial charge in [0.2, 0.25) is 0 Å². The van der Waals surface area contributed by atoms with E-state index in [9.17, 15) is 4.79 Å². The number of aliphatic carboxylic acids is 1. The maximum absolute atomic E-state index is 11.1. The van der Waals surface area contributed by atoms with Crippen molar-refractivity contribution in [3.63, 3.8) is 0 Å². The zero-order chi connectivity index (χ0) is 13.6. The van der Waals surface area contributed by atoms with Crippen LogP contribution in [0.15, 0.2) is 30.3 Å². The van der Waals surface area contributed by atoms with Crippen LogP contribution in [0, 0.1) is 5.41 Å². The largest absolute Gasteiger partial charge is 0.481 e. The van der Waals surface area contributed by atoms with E-state index in [1.807, 2.05) is 35.2 Å². The molecule has 4 nitrogen and oxygen atoms in total. The topological polar surface area (TPSA) is 60.8 Å². The van der Waals surface area contributed by atoms with Gasteiger partial charge < -0.3 is 10.2 Å². The number of carboxylic acid groups (broad SMARTS) is 1. The van der Waals surface area contributed by atoms with Crippen molar-refractivity contribution in [2.24, 2.45) is 5.41 Å². The molecule has 2 N–H and O–H groups in total. The van der Waals surface area contributed by atoms with E-state index in [0.717, 1.165) is 5.56 Å². The molecule has 0 unspecified atom stereocenters. The van der Waals surface area contributed by atoms with Crippen molar-refractivity contribution < 1.29 is 15.0 Å². The quantitative estimate of drug-likeness (QED) is 0.772. The predicted molar refractivity (Wildman–Crippen MR) is 70.2 cm³/mol. The molecule has 0 spiro atoms. The highest BCUT2D eigenvalue weighted by Gasteiger charge is 2.29. The third-order valence-electron chi connectivity index (χ3n) is 2.86. The molecular weight excluding hydrogens is 230 g/mol. The first-order valence-electron chi connectivity index (χ1n) is 6.06. The van der Waals surface area contributed by atoms with Gasteiger partial charge >= 0.3 is 5.97 Å². The predicted octanol–water partition coefficient (Wildman–Crippen LogP) is 1.59. The van der Waals surface area contributed by atoms with Crippen LogP contribution in [0.3, 0.4) is 0 Å². The fraction of sp³-hybridized carbons (Fsp3) is 0.500. The van der Waals surface area contributed by atoms with Crippen molar-refractivity contribution in [3.05, 3.63) is 35.9 Å². The first-order chi connectivity index (χ1) is 8.45. The minimum absolute atomic E-state index is 0.0303. The number of benzene rings is 1. The van der Waals surface area contributed by atoms with Gasteiger partial charge in [-0.05, 0) is 19.4 Å². The Hall–Kier alpha value is -1.39. The van der Waals surface area contributed by atoms with Gasteiger partial charge in [-0.15, -0.1) is 0 Å². The van der Waals surface area contributed by atoms with Gasteiger partial charge in [0.05, 0.1) is 12.0 Å². The Morgan fingerprint density at radius 3 is 2.39 bits per heavy atom. The summed E-state index contributed by atoms with van der Waals surface area (Å²) in [4.78, 5) is 13.1. The van der Waals surface area contributed by atoms with Crippen LogP contribution in [0.4, 0.5) is 0 Å². The van der Waals surface area contributed by atoms with Crippen LogP contribution in [0.5, 0.6) is 0 Å². The summed E-state index contributed by atoms with van der Waals surface area (Å²) >= 11 is 0. The van der Waals surface area contributed by atoms with Crippen LogP contribution in [0.2, 0.25) is 0 Å². The van der Waals surface area contributed by atoms with Gasteiger partial charge in [-0.25, -0.2) is 0 Å². The second-order valence-electron chi connectivity index (χ2n) is 5.11. The van der Waals surface area contributed by atoms with Crippen LogP contribution in [0.1, 0.15) is 19.4 Å². The summed E-state index contributed by atoms with van der Waals surface area (Å²) in [5.74, 6) is -0.821. The van der Waals surface area contributed by atoms with E-state index < -0.39 is 11.4 Å². The Labute approximate surface area is 108 Å². The molecule has 0 aromatic heterocycles. The average molecular weight is 251 g/mol. The van der Waals surface area contributed by atoms with Crippen LogP contribution in [-0.4, -0.2) is 40.8 Å². The van der Waals surface area contributed by atoms with Gasteiger partial charge in [0.15, 0.2) is 0 Å². The van der Waals surface area contributed by atoms with Crippen LogP contribution < -0.4 is 0 Å². The molecule has 0 saturated heterocycles. The average Bonchev–Trinajstić information content (AvgIpc) is 2.30. The molecule has 0 radical (unpaired) electrons. The SMILES string of the molecule is CC(C)(CN(CCO)Cc1ccccc1)C(=O)O. The van der Waals surface area contributed by atoms with E-state index in [1.165, 1.54) is 0 Å². The second-order valence-corrected chi connectivity index (χ2v) is 5.11. The van der Waals surface area contributed by atoms with E-state index in [0.29, 0.717) is 19.6 Å². The number of hydrogen-bond donors (Lipinski definition) is 2. The van der Waals surface area contributed by atoms with Crippen molar-refractivity contribution in [3.8, 4) is 0 Å². The molecule has 0 amide bonds. The van der Waals surface area contributed by atoms with E-state index in [1.54, 1.807) is 13.8 Å². The molecule has 0 aliphatic carbocycles. The van der Waals surface area contributed by atoms with Gasteiger partial charge in [-0.1, -0.05) is 30.3 Å². The Morgan fingerprint density at radius 2 is 1.89 bits per heavy atom. The summed E-state index contributed by atoms with van der Waals surface area (Å²) in [7, 11) is 0. The smallest absolute Gasteiger partial charge is 0.310 e. The molecule has 0 heterocycles. The fourth-order valence-electron chi connectivity index (χ4n) is 1.82. The van der Waals surface area contributed by atoms with Crippen molar-refractivity contribution in [2.45, 2.75) is 20.4 Å². The van der Waals surface area contributed by atoms with E-state index in [4.69, 9.17) is 10.2 Å². The summed E-state index contributed by atoms with van der Waals surface area (Å²) < 4.78 is 0. The molecule has 0 bridgehead atoms. The lowest BCUT2D eigenvalue weighted by Crippen LogP contribution is -2.40. The number of rotatable bonds is 7. The van der Waals surface area contributed by atoms with E-state index in [-0.39, 0.29) is 6.61 Å². The van der Waals surface area contributed by atoms with Gasteiger partial charge in [0.25, 0.3) is 0 Å². The number of nitrogens with zero attached hydrogens (tertiary/aromatic N) is 1. The molecule has 18 heavy (non-hydrogen) atoms. The van der Waals surface area contributed by atoms with Gasteiger partial charge in [0, 0.05) is 19.6 Å². The lowest BCUT2D eigenvalue weighted by atomic mass is 9.93. The Balaban J connectivity index is 2.69. The van der Waals surface area contributed by atoms with Gasteiger partial charge in [-0.3, -0.25) is 9.69 Å². The Kier molecular flexibility index (Phi) is 5.31. The zero-order valence-corrected chi connectivity index (χ0v) is 11.0. The standard InChI is InChI=1S/C14H21NO3/c1-14(2,13(17)18)11-15(8-9-16)10-12-6-4-3-5-7-12/h3-7,16H,8-11H2,1-2H3,(H,17,18). The van der Waals surface area contributed by atoms with Crippen LogP contribution in [-0.2, 0) is 11.3 Å². The van der Waals surface area contributed by atoms with Crippen molar-refractivity contribution >= 4 is 5.97 Å². The highest BCUT2D eigenvalue weighted by atomic mass is 16.4. The normalized spacial score (nSPS) is 11.8. The molecule has 1 aromatic carbocycles. The van der Waals surface area contributed by atoms with Crippen molar-refractivity contribution in [2.75, 3.05) is 19.7 Å². The fourth-order valence-corrected chi connectivity index (χ4v) is 1.82. The van der Waals surface area contributed by atoms with Gasteiger partial charge in [0.1, 0.15) is 0 Å². The molecular formula is C14H21NO3. The maximum atomic E-state index is 11.1. The first kappa shape index (κ1) is 14.7. The molecule has 0 saturated carbocycles. The maximum Gasteiger partial charge on any atom is 0.310 e. The van der Waals surface area contributed by atoms with Gasteiger partial charge in [-0.2, -0.15) is 0 Å². The third kappa shape index (κ3) is 4.47. The molecule has 100 valence electrons. The minimum Gasteiger partial charge on any atom is -0.481 e. The lowest BCUT2D eigenvalue weighted by Gasteiger charge is -2.29. The Bertz CT molecular complexity index is 376. The van der Waals surface area contributed by atoms with Crippen LogP contribution >= 0.6 is 0 Å². The molecule has 0 fully saturated rings. The summed E-state index contributed by atoms with van der Waals surface area (Å²) in [6.07, 6.45) is 0. The van der Waals surface area contributed by atoms with Crippen LogP contribution in [0.25, 0.3) is 0 Å². The van der Waals surface area contributed by atoms with Crippen molar-refractivity contribution in [1.82, 2.24) is 4.90 Å². The highest BCUT2D eigenvalue weighted by Crippen LogP contribution is 2.18. The number of hydrogen-bond acceptors (Lipinski definition) is 3. The number of aliphatic hydroxyl groups excluding tert-OH is 1. The summed E-state index contributed by atoms with van der Waals surface area (Å²) in [5, 5.41) is 18.2. The summed E-state index contributed by atoms with van der Waals surface area (Å²) in [6.45, 7) is 4.97. The summed E-state index contributed by atoms with van der Waals surface area (Å²) in [5.41, 5.74) is 0.302. The Morgan fingerprint density at radius 1 is 1.28 bits per heavy atom. The third-order valence-corrected chi connectivity index (χ3v) is 2.86. The molecule has 0 atom stereocenters. The zero-order valence-electron chi connectivity index (χ0n) is 11.0. The number of carbonyl (C=O) groups is 1. The lowest BCUT2D eigenvalue weighted by molar-refractivity contribution is -0.148. The van der Waals surface area contributed by atoms with E-state index in [2.05, 4.69) is 0 Å². The monoisotopic (exact) mass is 251 g/mol. The molecule has 0 aliphatic rings. The number of carboxylic acids is 1. The van der Waals surface area contributed by atoms with Crippen molar-refractivity contribution in [1.29, 1.82) is 0 Å². The molecule has 0 aliphatic heterocycles. The molecule has 4 heteroatoms. The first-order valence-corrected chi connectivity index (χ1v) is 6.06. The summed E-state index contributed by atoms with van der Waals surface area (Å²) in [6, 6.07) is 9.85.